The average Bonchev–Trinajstić information content (AvgIpc) is 3.42. The number of ketones is 1. The molecule has 30 heavy (non-hydrogen) atoms. The second-order valence-electron chi connectivity index (χ2n) is 8.15. The minimum atomic E-state index is -0.979. The van der Waals surface area contributed by atoms with Gasteiger partial charge in [-0.15, -0.1) is 0 Å². The maximum absolute atomic E-state index is 12.2. The molecule has 0 unspecified atom stereocenters. The Kier molecular flexibility index (Phi) is 10.4. The summed E-state index contributed by atoms with van der Waals surface area (Å²) in [5, 5.41) is 7.50. The van der Waals surface area contributed by atoms with Crippen molar-refractivity contribution in [2.75, 3.05) is 18.8 Å². The van der Waals surface area contributed by atoms with E-state index in [1.807, 2.05) is 0 Å². The van der Waals surface area contributed by atoms with E-state index in [2.05, 4.69) is 28.6 Å². The molecule has 0 saturated heterocycles. The van der Waals surface area contributed by atoms with Crippen molar-refractivity contribution in [1.82, 2.24) is 16.0 Å². The minimum absolute atomic E-state index is 0.00985. The van der Waals surface area contributed by atoms with E-state index in [1.165, 1.54) is 0 Å². The monoisotopic (exact) mass is 442 g/mol. The lowest BCUT2D eigenvalue weighted by atomic mass is 10.0. The summed E-state index contributed by atoms with van der Waals surface area (Å²) in [6, 6.07) is -2.53. The first kappa shape index (κ1) is 24.5. The van der Waals surface area contributed by atoms with E-state index >= 15 is 0 Å². The summed E-state index contributed by atoms with van der Waals surface area (Å²) < 4.78 is 5.30. The second-order valence-corrected chi connectivity index (χ2v) is 8.52. The molecule has 0 bridgehead atoms. The van der Waals surface area contributed by atoms with Crippen molar-refractivity contribution in [3.8, 4) is 0 Å². The molecule has 9 nitrogen and oxygen atoms in total. The van der Waals surface area contributed by atoms with Crippen LogP contribution in [0.3, 0.4) is 0 Å². The number of esters is 1. The highest BCUT2D eigenvalue weighted by Crippen LogP contribution is 2.27. The Balaban J connectivity index is 1.65. The lowest BCUT2D eigenvalue weighted by molar-refractivity contribution is -0.150. The Morgan fingerprint density at radius 2 is 1.63 bits per heavy atom. The number of nitrogens with one attached hydrogen (secondary N) is 3. The number of thiol groups is 1. The molecule has 0 aromatic heterocycles. The number of carbonyl (C=O) groups is 4. The van der Waals surface area contributed by atoms with E-state index in [0.29, 0.717) is 12.3 Å². The van der Waals surface area contributed by atoms with Gasteiger partial charge in [-0.2, -0.15) is 12.6 Å². The largest absolute Gasteiger partial charge is 0.461 e. The molecule has 0 spiro atoms. The van der Waals surface area contributed by atoms with Crippen molar-refractivity contribution < 1.29 is 23.9 Å². The van der Waals surface area contributed by atoms with Gasteiger partial charge in [0.25, 0.3) is 0 Å². The molecule has 2 rings (SSSR count). The molecule has 2 saturated carbocycles. The third-order valence-electron chi connectivity index (χ3n) is 5.63. The van der Waals surface area contributed by atoms with Crippen LogP contribution >= 0.6 is 12.6 Å². The smallest absolute Gasteiger partial charge is 0.325 e. The maximum atomic E-state index is 12.2. The van der Waals surface area contributed by atoms with Crippen molar-refractivity contribution in [3.05, 3.63) is 0 Å². The number of amides is 3. The number of hydrogen-bond acceptors (Lipinski definition) is 7. The van der Waals surface area contributed by atoms with Gasteiger partial charge in [-0.3, -0.25) is 14.4 Å². The van der Waals surface area contributed by atoms with Gasteiger partial charge in [-0.1, -0.05) is 25.7 Å². The van der Waals surface area contributed by atoms with Crippen LogP contribution in [0, 0.1) is 5.92 Å². The first-order chi connectivity index (χ1) is 14.4. The van der Waals surface area contributed by atoms with Crippen molar-refractivity contribution in [1.29, 1.82) is 0 Å². The summed E-state index contributed by atoms with van der Waals surface area (Å²) in [5.74, 6) is -0.560. The zero-order valence-electron chi connectivity index (χ0n) is 17.4. The molecule has 0 aromatic rings. The molecule has 5 N–H and O–H groups in total. The number of urea groups is 1. The zero-order chi connectivity index (χ0) is 21.9. The molecule has 170 valence electrons. The molecular weight excluding hydrogens is 408 g/mol. The van der Waals surface area contributed by atoms with Crippen molar-refractivity contribution in [3.63, 3.8) is 0 Å². The molecule has 3 amide bonds. The number of hydrogen-bond donors (Lipinski definition) is 5. The van der Waals surface area contributed by atoms with Gasteiger partial charge in [0, 0.05) is 18.7 Å². The lowest BCUT2D eigenvalue weighted by Crippen LogP contribution is -2.54. The molecule has 0 aliphatic heterocycles. The van der Waals surface area contributed by atoms with E-state index in [-0.39, 0.29) is 30.7 Å². The van der Waals surface area contributed by atoms with Gasteiger partial charge in [0.15, 0.2) is 5.78 Å². The van der Waals surface area contributed by atoms with Crippen molar-refractivity contribution in [2.24, 2.45) is 11.7 Å². The predicted molar refractivity (Wildman–Crippen MR) is 115 cm³/mol. The van der Waals surface area contributed by atoms with Gasteiger partial charge in [-0.25, -0.2) is 4.79 Å². The summed E-state index contributed by atoms with van der Waals surface area (Å²) in [6.07, 6.45) is 8.59. The zero-order valence-corrected chi connectivity index (χ0v) is 18.3. The first-order valence-electron chi connectivity index (χ1n) is 10.8. The maximum Gasteiger partial charge on any atom is 0.325 e. The van der Waals surface area contributed by atoms with Crippen molar-refractivity contribution >= 4 is 36.3 Å². The molecule has 2 fully saturated rings. The first-order valence-corrected chi connectivity index (χ1v) is 11.4. The fourth-order valence-electron chi connectivity index (χ4n) is 3.86. The number of rotatable bonds is 11. The van der Waals surface area contributed by atoms with E-state index in [4.69, 9.17) is 10.5 Å². The fourth-order valence-corrected chi connectivity index (χ4v) is 4.12. The minimum Gasteiger partial charge on any atom is -0.461 e. The van der Waals surface area contributed by atoms with Crippen LogP contribution in [-0.4, -0.2) is 60.7 Å². The molecule has 0 radical (unpaired) electrons. The Labute approximate surface area is 183 Å². The van der Waals surface area contributed by atoms with Crippen LogP contribution in [0.15, 0.2) is 0 Å². The van der Waals surface area contributed by atoms with E-state index in [9.17, 15) is 19.2 Å². The molecule has 0 aromatic carbocycles. The quantitative estimate of drug-likeness (QED) is 0.235. The van der Waals surface area contributed by atoms with E-state index in [0.717, 1.165) is 51.4 Å². The molecule has 2 aliphatic rings. The number of ether oxygens (including phenoxy) is 1. The van der Waals surface area contributed by atoms with Crippen LogP contribution in [0.4, 0.5) is 4.79 Å². The Morgan fingerprint density at radius 1 is 1.00 bits per heavy atom. The third-order valence-corrected chi connectivity index (χ3v) is 5.99. The summed E-state index contributed by atoms with van der Waals surface area (Å²) in [4.78, 5) is 48.2. The fraction of sp³-hybridized carbons (Fsp3) is 0.800. The lowest BCUT2D eigenvalue weighted by Gasteiger charge is -2.19. The highest BCUT2D eigenvalue weighted by Gasteiger charge is 2.25. The summed E-state index contributed by atoms with van der Waals surface area (Å²) in [6.45, 7) is -0.168. The highest BCUT2D eigenvalue weighted by atomic mass is 32.1. The van der Waals surface area contributed by atoms with Crippen LogP contribution in [0.2, 0.25) is 0 Å². The molecule has 2 atom stereocenters. The van der Waals surface area contributed by atoms with Crippen LogP contribution in [-0.2, 0) is 19.1 Å². The number of Topliss-reactive ketones (excluding diaryl/α,β-unsaturated/α-hetero) is 1. The van der Waals surface area contributed by atoms with Crippen molar-refractivity contribution in [2.45, 2.75) is 76.0 Å². The second kappa shape index (κ2) is 12.8. The SMILES string of the molecule is N[C@@H](CNC(=O)N[C@@H](CS)C(=O)NCC(=O)CC1CCCC1)C(=O)OC1CCCC1. The number of carbonyl (C=O) groups excluding carboxylic acids is 4. The van der Waals surface area contributed by atoms with Gasteiger partial charge in [-0.05, 0) is 31.6 Å². The molecule has 0 heterocycles. The normalized spacial score (nSPS) is 19.1. The predicted octanol–water partition coefficient (Wildman–Crippen LogP) is 0.663. The summed E-state index contributed by atoms with van der Waals surface area (Å²) in [7, 11) is 0. The van der Waals surface area contributed by atoms with Gasteiger partial charge in [0.2, 0.25) is 5.91 Å². The molecule has 10 heteroatoms. The molecule has 2 aliphatic carbocycles. The van der Waals surface area contributed by atoms with Crippen LogP contribution in [0.5, 0.6) is 0 Å². The third kappa shape index (κ3) is 8.51. The van der Waals surface area contributed by atoms with E-state index in [1.54, 1.807) is 0 Å². The standard InChI is InChI=1S/C20H34N4O5S/c21-16(19(27)29-15-7-3-4-8-15)11-23-20(28)24-17(12-30)18(26)22-10-14(25)9-13-5-1-2-6-13/h13,15-17,30H,1-12,21H2,(H,22,26)(H2,23,24,28)/t16-,17-/m0/s1. The molecular formula is C20H34N4O5S. The Morgan fingerprint density at radius 3 is 2.27 bits per heavy atom. The Hall–Kier alpha value is -1.81. The Bertz CT molecular complexity index is 606. The van der Waals surface area contributed by atoms with Crippen LogP contribution < -0.4 is 21.7 Å². The van der Waals surface area contributed by atoms with Gasteiger partial charge >= 0.3 is 12.0 Å². The van der Waals surface area contributed by atoms with Crippen LogP contribution in [0.1, 0.15) is 57.8 Å². The van der Waals surface area contributed by atoms with E-state index < -0.39 is 30.0 Å². The summed E-state index contributed by atoms with van der Waals surface area (Å²) in [5.41, 5.74) is 5.77. The summed E-state index contributed by atoms with van der Waals surface area (Å²) >= 11 is 4.09. The van der Waals surface area contributed by atoms with Gasteiger partial charge < -0.3 is 26.4 Å². The topological polar surface area (TPSA) is 140 Å². The van der Waals surface area contributed by atoms with Gasteiger partial charge in [0.1, 0.15) is 18.2 Å². The highest BCUT2D eigenvalue weighted by molar-refractivity contribution is 7.80. The number of nitrogens with two attached hydrogens (primary N) is 1. The van der Waals surface area contributed by atoms with Crippen LogP contribution in [0.25, 0.3) is 0 Å². The average molecular weight is 443 g/mol. The van der Waals surface area contributed by atoms with Gasteiger partial charge in [0.05, 0.1) is 6.54 Å².